The van der Waals surface area contributed by atoms with E-state index >= 15 is 0 Å². The van der Waals surface area contributed by atoms with Crippen LogP contribution in [0.2, 0.25) is 0 Å². The fraction of sp³-hybridized carbons (Fsp3) is 0.233. The van der Waals surface area contributed by atoms with Crippen LogP contribution in [0.4, 0.5) is 11.4 Å². The number of Topliss-reactive ketones (excluding diaryl/α,β-unsaturated/α-hetero) is 1. The van der Waals surface area contributed by atoms with Crippen molar-refractivity contribution in [2.45, 2.75) is 37.1 Å². The standard InChI is InChI=1S/C30H30N4O7S2/c1-18(2)15-16-30(32-29(37)19-9-5-4-6-10-19)22-12-8-7-11-21(22)26(35)25(27(30)36)28-31-23-14-13-20(33-42(3,38)39)17-24(23)43(40,41)34-28/h4-14,17-18,33,35H,15-16H2,1-3H3,(H,31,34)(H,32,37). The second-order valence-corrected chi connectivity index (χ2v) is 14.2. The number of anilines is 2. The van der Waals surface area contributed by atoms with Crippen LogP contribution in [-0.2, 0) is 30.4 Å². The average Bonchev–Trinajstić information content (AvgIpc) is 2.94. The number of rotatable bonds is 8. The van der Waals surface area contributed by atoms with Gasteiger partial charge >= 0.3 is 0 Å². The zero-order valence-corrected chi connectivity index (χ0v) is 25.2. The number of aliphatic hydroxyl groups is 1. The highest BCUT2D eigenvalue weighted by Gasteiger charge is 2.50. The number of amides is 1. The molecule has 0 spiro atoms. The molecule has 3 aromatic carbocycles. The number of hydrogen-bond donors (Lipinski definition) is 4. The summed E-state index contributed by atoms with van der Waals surface area (Å²) < 4.78 is 56.1. The van der Waals surface area contributed by atoms with Crippen molar-refractivity contribution in [2.75, 3.05) is 16.3 Å². The van der Waals surface area contributed by atoms with Crippen LogP contribution in [0.1, 0.15) is 48.2 Å². The summed E-state index contributed by atoms with van der Waals surface area (Å²) in [5, 5.41) is 17.2. The van der Waals surface area contributed by atoms with Gasteiger partial charge < -0.3 is 15.7 Å². The molecule has 5 rings (SSSR count). The number of carbonyl (C=O) groups excluding carboxylic acids is 2. The number of nitrogens with zero attached hydrogens (tertiary/aromatic N) is 1. The summed E-state index contributed by atoms with van der Waals surface area (Å²) in [7, 11) is -8.15. The van der Waals surface area contributed by atoms with Crippen molar-refractivity contribution in [3.63, 3.8) is 0 Å². The fourth-order valence-electron chi connectivity index (χ4n) is 5.20. The first kappa shape index (κ1) is 30.0. The molecule has 224 valence electrons. The molecule has 2 aliphatic rings. The molecule has 0 radical (unpaired) electrons. The van der Waals surface area contributed by atoms with Crippen molar-refractivity contribution in [3.8, 4) is 0 Å². The molecule has 0 aromatic heterocycles. The Kier molecular flexibility index (Phi) is 7.65. The van der Waals surface area contributed by atoms with Crippen LogP contribution in [0.5, 0.6) is 0 Å². The number of carbonyl (C=O) groups is 2. The van der Waals surface area contributed by atoms with Gasteiger partial charge in [-0.3, -0.25) is 14.3 Å². The summed E-state index contributed by atoms with van der Waals surface area (Å²) in [6.45, 7) is 3.95. The Balaban J connectivity index is 1.66. The van der Waals surface area contributed by atoms with Gasteiger partial charge in [-0.25, -0.2) is 8.42 Å². The van der Waals surface area contributed by atoms with E-state index in [0.29, 0.717) is 17.5 Å². The largest absolute Gasteiger partial charge is 0.506 e. The van der Waals surface area contributed by atoms with Crippen molar-refractivity contribution in [1.29, 1.82) is 0 Å². The van der Waals surface area contributed by atoms with E-state index in [-0.39, 0.29) is 34.2 Å². The maximum absolute atomic E-state index is 14.6. The van der Waals surface area contributed by atoms with E-state index in [1.165, 1.54) is 12.1 Å². The molecule has 4 N–H and O–H groups in total. The summed E-state index contributed by atoms with van der Waals surface area (Å²) in [4.78, 5) is 27.8. The lowest BCUT2D eigenvalue weighted by atomic mass is 9.71. The predicted octanol–water partition coefficient (Wildman–Crippen LogP) is 4.18. The van der Waals surface area contributed by atoms with Crippen LogP contribution in [0.15, 0.2) is 87.7 Å². The maximum Gasteiger partial charge on any atom is 0.286 e. The molecule has 1 aliphatic heterocycles. The van der Waals surface area contributed by atoms with Crippen LogP contribution in [0, 0.1) is 5.92 Å². The molecule has 13 heteroatoms. The van der Waals surface area contributed by atoms with Gasteiger partial charge in [0.05, 0.1) is 11.9 Å². The van der Waals surface area contributed by atoms with E-state index in [1.807, 2.05) is 13.8 Å². The second-order valence-electron chi connectivity index (χ2n) is 10.9. The molecule has 43 heavy (non-hydrogen) atoms. The summed E-state index contributed by atoms with van der Waals surface area (Å²) in [5.74, 6) is -2.02. The van der Waals surface area contributed by atoms with Gasteiger partial charge in [-0.15, -0.1) is 4.40 Å². The first-order valence-corrected chi connectivity index (χ1v) is 16.7. The van der Waals surface area contributed by atoms with Crippen LogP contribution in [-0.4, -0.2) is 45.7 Å². The molecular formula is C30H30N4O7S2. The van der Waals surface area contributed by atoms with Gasteiger partial charge in [-0.05, 0) is 54.7 Å². The molecule has 1 atom stereocenters. The van der Waals surface area contributed by atoms with Gasteiger partial charge in [0.2, 0.25) is 10.0 Å². The Morgan fingerprint density at radius 3 is 2.40 bits per heavy atom. The van der Waals surface area contributed by atoms with E-state index < -0.39 is 54.4 Å². The number of nitrogens with one attached hydrogen (secondary N) is 3. The van der Waals surface area contributed by atoms with Crippen LogP contribution >= 0.6 is 0 Å². The van der Waals surface area contributed by atoms with Gasteiger partial charge in [0, 0.05) is 16.8 Å². The molecule has 0 saturated heterocycles. The minimum atomic E-state index is -4.47. The number of amidine groups is 1. The Labute approximate surface area is 249 Å². The summed E-state index contributed by atoms with van der Waals surface area (Å²) in [5.41, 5.74) is -1.09. The molecule has 1 amide bonds. The van der Waals surface area contributed by atoms with Gasteiger partial charge in [0.1, 0.15) is 21.8 Å². The fourth-order valence-corrected chi connectivity index (χ4v) is 6.90. The van der Waals surface area contributed by atoms with Gasteiger partial charge in [0.25, 0.3) is 15.9 Å². The molecule has 11 nitrogen and oxygen atoms in total. The Bertz CT molecular complexity index is 1920. The highest BCUT2D eigenvalue weighted by Crippen LogP contribution is 2.43. The zero-order valence-electron chi connectivity index (χ0n) is 23.6. The van der Waals surface area contributed by atoms with E-state index in [4.69, 9.17) is 0 Å². The molecule has 1 aliphatic carbocycles. The third-order valence-corrected chi connectivity index (χ3v) is 9.14. The lowest BCUT2D eigenvalue weighted by Gasteiger charge is -2.40. The van der Waals surface area contributed by atoms with Crippen molar-refractivity contribution in [3.05, 3.63) is 95.1 Å². The van der Waals surface area contributed by atoms with Crippen molar-refractivity contribution >= 4 is 54.7 Å². The van der Waals surface area contributed by atoms with Crippen LogP contribution in [0.3, 0.4) is 0 Å². The van der Waals surface area contributed by atoms with Crippen molar-refractivity contribution in [2.24, 2.45) is 10.3 Å². The SMILES string of the molecule is CC(C)CCC1(NC(=O)c2ccccc2)C(=O)C(C2=NS(=O)(=O)c3cc(NS(C)(=O)=O)ccc3N2)=C(O)c2ccccc21. The first-order valence-electron chi connectivity index (χ1n) is 13.4. The van der Waals surface area contributed by atoms with E-state index in [0.717, 1.165) is 12.3 Å². The highest BCUT2D eigenvalue weighted by atomic mass is 32.2. The number of aliphatic hydroxyl groups excluding tert-OH is 1. The summed E-state index contributed by atoms with van der Waals surface area (Å²) in [6.07, 6.45) is 1.60. The average molecular weight is 623 g/mol. The van der Waals surface area contributed by atoms with Crippen molar-refractivity contribution < 1.29 is 31.5 Å². The number of ketones is 1. The first-order chi connectivity index (χ1) is 20.2. The van der Waals surface area contributed by atoms with Gasteiger partial charge in [-0.2, -0.15) is 8.42 Å². The lowest BCUT2D eigenvalue weighted by Crippen LogP contribution is -2.55. The number of fused-ring (bicyclic) bond motifs is 2. The number of hydrogen-bond acceptors (Lipinski definition) is 8. The third kappa shape index (κ3) is 5.77. The molecule has 0 fully saturated rings. The molecule has 1 heterocycles. The zero-order chi connectivity index (χ0) is 31.2. The minimum Gasteiger partial charge on any atom is -0.506 e. The second kappa shape index (κ2) is 11.0. The maximum atomic E-state index is 14.6. The van der Waals surface area contributed by atoms with Crippen LogP contribution in [0.25, 0.3) is 5.76 Å². The predicted molar refractivity (Wildman–Crippen MR) is 164 cm³/mol. The monoisotopic (exact) mass is 622 g/mol. The minimum absolute atomic E-state index is 0.00587. The molecule has 1 unspecified atom stereocenters. The Morgan fingerprint density at radius 2 is 1.72 bits per heavy atom. The highest BCUT2D eigenvalue weighted by molar-refractivity contribution is 7.92. The lowest BCUT2D eigenvalue weighted by molar-refractivity contribution is -0.122. The van der Waals surface area contributed by atoms with Crippen molar-refractivity contribution in [1.82, 2.24) is 5.32 Å². The van der Waals surface area contributed by atoms with E-state index in [9.17, 15) is 31.5 Å². The summed E-state index contributed by atoms with van der Waals surface area (Å²) >= 11 is 0. The third-order valence-electron chi connectivity index (χ3n) is 7.22. The van der Waals surface area contributed by atoms with Crippen LogP contribution < -0.4 is 15.4 Å². The summed E-state index contributed by atoms with van der Waals surface area (Å²) in [6, 6.07) is 18.8. The normalized spacial score (nSPS) is 19.2. The quantitative estimate of drug-likeness (QED) is 0.290. The van der Waals surface area contributed by atoms with Gasteiger partial charge in [0.15, 0.2) is 11.6 Å². The Morgan fingerprint density at radius 1 is 1.05 bits per heavy atom. The number of sulfonamides is 2. The topological polar surface area (TPSA) is 171 Å². The molecular weight excluding hydrogens is 592 g/mol. The Hall–Kier alpha value is -4.49. The van der Waals surface area contributed by atoms with E-state index in [1.54, 1.807) is 54.6 Å². The van der Waals surface area contributed by atoms with Gasteiger partial charge in [-0.1, -0.05) is 56.3 Å². The smallest absolute Gasteiger partial charge is 0.286 e. The molecule has 0 bridgehead atoms. The number of benzene rings is 3. The van der Waals surface area contributed by atoms with E-state index in [2.05, 4.69) is 19.8 Å². The molecule has 3 aromatic rings. The molecule has 0 saturated carbocycles.